The summed E-state index contributed by atoms with van der Waals surface area (Å²) in [5, 5.41) is 10.6. The van der Waals surface area contributed by atoms with Crippen molar-refractivity contribution in [2.45, 2.75) is 18.6 Å². The summed E-state index contributed by atoms with van der Waals surface area (Å²) in [7, 11) is 0. The van der Waals surface area contributed by atoms with Crippen molar-refractivity contribution in [2.24, 2.45) is 0 Å². The van der Waals surface area contributed by atoms with Crippen LogP contribution in [0.15, 0.2) is 36.4 Å². The van der Waals surface area contributed by atoms with Gasteiger partial charge in [-0.25, -0.2) is 8.78 Å². The molecule has 0 saturated heterocycles. The number of benzene rings is 2. The van der Waals surface area contributed by atoms with E-state index in [9.17, 15) is 13.9 Å². The summed E-state index contributed by atoms with van der Waals surface area (Å²) < 4.78 is 33.2. The van der Waals surface area contributed by atoms with Crippen molar-refractivity contribution < 1.29 is 18.6 Å². The summed E-state index contributed by atoms with van der Waals surface area (Å²) in [6.07, 6.45) is -1.66. The zero-order valence-corrected chi connectivity index (χ0v) is 11.1. The molecule has 2 atom stereocenters. The van der Waals surface area contributed by atoms with Crippen LogP contribution in [0.4, 0.5) is 8.78 Å². The Morgan fingerprint density at radius 3 is 2.55 bits per heavy atom. The molecule has 0 bridgehead atoms. The van der Waals surface area contributed by atoms with E-state index in [1.807, 2.05) is 0 Å². The van der Waals surface area contributed by atoms with Crippen molar-refractivity contribution in [2.75, 3.05) is 0 Å². The highest BCUT2D eigenvalue weighted by molar-refractivity contribution is 6.30. The molecule has 0 amide bonds. The third kappa shape index (κ3) is 2.25. The molecule has 1 unspecified atom stereocenters. The Morgan fingerprint density at radius 1 is 1.15 bits per heavy atom. The number of fused-ring (bicyclic) bond motifs is 1. The highest BCUT2D eigenvalue weighted by Crippen LogP contribution is 2.42. The molecule has 5 heteroatoms. The fourth-order valence-electron chi connectivity index (χ4n) is 2.41. The van der Waals surface area contributed by atoms with Crippen LogP contribution in [0.25, 0.3) is 0 Å². The second-order valence-corrected chi connectivity index (χ2v) is 5.11. The Hall–Kier alpha value is -1.65. The molecule has 0 radical (unpaired) electrons. The molecule has 0 aliphatic carbocycles. The number of ether oxygens (including phenoxy) is 1. The van der Waals surface area contributed by atoms with E-state index in [1.54, 1.807) is 18.2 Å². The van der Waals surface area contributed by atoms with Crippen molar-refractivity contribution in [1.82, 2.24) is 0 Å². The Bertz CT molecular complexity index is 640. The molecule has 2 aromatic rings. The Morgan fingerprint density at radius 2 is 1.85 bits per heavy atom. The first-order valence-electron chi connectivity index (χ1n) is 6.14. The summed E-state index contributed by atoms with van der Waals surface area (Å²) in [4.78, 5) is 0. The first-order valence-corrected chi connectivity index (χ1v) is 6.52. The van der Waals surface area contributed by atoms with E-state index in [0.717, 1.165) is 0 Å². The van der Waals surface area contributed by atoms with Crippen molar-refractivity contribution in [3.8, 4) is 5.75 Å². The summed E-state index contributed by atoms with van der Waals surface area (Å²) in [6.45, 7) is 0. The quantitative estimate of drug-likeness (QED) is 0.855. The van der Waals surface area contributed by atoms with Gasteiger partial charge in [-0.15, -0.1) is 0 Å². The average molecular weight is 297 g/mol. The van der Waals surface area contributed by atoms with Crippen molar-refractivity contribution in [3.63, 3.8) is 0 Å². The molecule has 2 aromatic carbocycles. The topological polar surface area (TPSA) is 29.5 Å². The molecule has 1 aliphatic heterocycles. The largest absolute Gasteiger partial charge is 0.485 e. The van der Waals surface area contributed by atoms with Crippen LogP contribution < -0.4 is 4.74 Å². The van der Waals surface area contributed by atoms with Crippen LogP contribution in [0.3, 0.4) is 0 Å². The van der Waals surface area contributed by atoms with Crippen molar-refractivity contribution >= 4 is 11.6 Å². The van der Waals surface area contributed by atoms with E-state index in [2.05, 4.69) is 0 Å². The van der Waals surface area contributed by atoms with Gasteiger partial charge in [-0.05, 0) is 30.3 Å². The minimum Gasteiger partial charge on any atom is -0.485 e. The Balaban J connectivity index is 2.01. The molecule has 104 valence electrons. The second-order valence-electron chi connectivity index (χ2n) is 4.68. The molecule has 2 nitrogen and oxygen atoms in total. The van der Waals surface area contributed by atoms with Gasteiger partial charge in [0.15, 0.2) is 0 Å². The molecule has 1 aliphatic rings. The number of aliphatic hydroxyl groups is 1. The highest BCUT2D eigenvalue weighted by atomic mass is 35.5. The van der Waals surface area contributed by atoms with Gasteiger partial charge in [-0.1, -0.05) is 17.7 Å². The number of rotatable bonds is 1. The maximum atomic E-state index is 13.8. The van der Waals surface area contributed by atoms with Crippen molar-refractivity contribution in [1.29, 1.82) is 0 Å². The van der Waals surface area contributed by atoms with Gasteiger partial charge in [0.2, 0.25) is 0 Å². The summed E-state index contributed by atoms with van der Waals surface area (Å²) in [5.74, 6) is -0.972. The van der Waals surface area contributed by atoms with E-state index in [0.29, 0.717) is 16.3 Å². The van der Waals surface area contributed by atoms with E-state index in [4.69, 9.17) is 16.3 Å². The molecule has 20 heavy (non-hydrogen) atoms. The molecule has 1 heterocycles. The molecular weight excluding hydrogens is 286 g/mol. The van der Waals surface area contributed by atoms with Gasteiger partial charge in [0.05, 0.1) is 11.7 Å². The minimum atomic E-state index is -0.874. The maximum absolute atomic E-state index is 13.8. The van der Waals surface area contributed by atoms with Gasteiger partial charge < -0.3 is 9.84 Å². The fourth-order valence-corrected chi connectivity index (χ4v) is 2.59. The molecule has 0 spiro atoms. The van der Waals surface area contributed by atoms with Crippen LogP contribution in [-0.4, -0.2) is 5.11 Å². The summed E-state index contributed by atoms with van der Waals surface area (Å²) >= 11 is 5.86. The first kappa shape index (κ1) is 13.3. The molecule has 0 saturated carbocycles. The summed E-state index contributed by atoms with van der Waals surface area (Å²) in [6, 6.07) is 8.42. The molecular formula is C15H11ClF2O2. The molecule has 0 aromatic heterocycles. The lowest BCUT2D eigenvalue weighted by Crippen LogP contribution is -2.21. The van der Waals surface area contributed by atoms with E-state index >= 15 is 0 Å². The van der Waals surface area contributed by atoms with Crippen LogP contribution in [-0.2, 0) is 0 Å². The average Bonchev–Trinajstić information content (AvgIpc) is 2.39. The van der Waals surface area contributed by atoms with Gasteiger partial charge >= 0.3 is 0 Å². The minimum absolute atomic E-state index is 0.0746. The third-order valence-corrected chi connectivity index (χ3v) is 3.59. The van der Waals surface area contributed by atoms with Gasteiger partial charge in [0.25, 0.3) is 0 Å². The summed E-state index contributed by atoms with van der Waals surface area (Å²) in [5.41, 5.74) is 0.373. The van der Waals surface area contributed by atoms with Gasteiger partial charge in [0, 0.05) is 17.0 Å². The molecule has 0 fully saturated rings. The van der Waals surface area contributed by atoms with Crippen LogP contribution in [0, 0.1) is 11.6 Å². The number of hydrogen-bond donors (Lipinski definition) is 1. The van der Waals surface area contributed by atoms with E-state index in [-0.39, 0.29) is 12.0 Å². The van der Waals surface area contributed by atoms with Crippen LogP contribution in [0.5, 0.6) is 5.75 Å². The number of hydrogen-bond acceptors (Lipinski definition) is 2. The van der Waals surface area contributed by atoms with Crippen LogP contribution >= 0.6 is 11.6 Å². The third-order valence-electron chi connectivity index (χ3n) is 3.36. The van der Waals surface area contributed by atoms with Gasteiger partial charge in [-0.2, -0.15) is 0 Å². The second kappa shape index (κ2) is 5.04. The first-order chi connectivity index (χ1) is 9.56. The predicted molar refractivity (Wildman–Crippen MR) is 70.8 cm³/mol. The Kier molecular flexibility index (Phi) is 3.36. The zero-order valence-electron chi connectivity index (χ0n) is 10.3. The van der Waals surface area contributed by atoms with Crippen LogP contribution in [0.1, 0.15) is 29.8 Å². The van der Waals surface area contributed by atoms with E-state index in [1.165, 1.54) is 18.2 Å². The smallest absolute Gasteiger partial charge is 0.133 e. The van der Waals surface area contributed by atoms with Crippen LogP contribution in [0.2, 0.25) is 5.02 Å². The highest BCUT2D eigenvalue weighted by Gasteiger charge is 2.31. The molecule has 1 N–H and O–H groups in total. The standard InChI is InChI=1S/C15H11ClF2O2/c16-8-4-5-13-9(6-8)12(19)7-14(20-13)15-10(17)2-1-3-11(15)18/h1-6,12,14,19H,7H2/t12-,14?/m1/s1. The lowest BCUT2D eigenvalue weighted by molar-refractivity contribution is 0.0622. The van der Waals surface area contributed by atoms with E-state index < -0.39 is 23.8 Å². The Labute approximate surface area is 119 Å². The molecule has 3 rings (SSSR count). The van der Waals surface area contributed by atoms with Gasteiger partial charge in [0.1, 0.15) is 23.5 Å². The lowest BCUT2D eigenvalue weighted by Gasteiger charge is -2.30. The predicted octanol–water partition coefficient (Wildman–Crippen LogP) is 4.18. The number of aliphatic hydroxyl groups excluding tert-OH is 1. The monoisotopic (exact) mass is 296 g/mol. The normalized spacial score (nSPS) is 21.2. The zero-order chi connectivity index (χ0) is 14.3. The van der Waals surface area contributed by atoms with Crippen molar-refractivity contribution in [3.05, 3.63) is 64.2 Å². The maximum Gasteiger partial charge on any atom is 0.133 e. The lowest BCUT2D eigenvalue weighted by atomic mass is 9.94. The number of halogens is 3. The fraction of sp³-hybridized carbons (Fsp3) is 0.200. The SMILES string of the molecule is O[C@@H]1CC(c2c(F)cccc2F)Oc2ccc(Cl)cc21. The van der Waals surface area contributed by atoms with Gasteiger partial charge in [-0.3, -0.25) is 0 Å².